The zero-order valence-electron chi connectivity index (χ0n) is 17.0. The number of amides is 1. The highest BCUT2D eigenvalue weighted by Crippen LogP contribution is 2.45. The van der Waals surface area contributed by atoms with Crippen LogP contribution in [-0.4, -0.2) is 25.9 Å². The van der Waals surface area contributed by atoms with E-state index in [0.29, 0.717) is 19.3 Å². The summed E-state index contributed by atoms with van der Waals surface area (Å²) in [5.74, 6) is 1.25. The predicted molar refractivity (Wildman–Crippen MR) is 110 cm³/mol. The third kappa shape index (κ3) is 3.65. The molecule has 0 bridgehead atoms. The van der Waals surface area contributed by atoms with Gasteiger partial charge in [0.1, 0.15) is 11.5 Å². The fraction of sp³-hybridized carbons (Fsp3) is 0.333. The molecule has 0 radical (unpaired) electrons. The van der Waals surface area contributed by atoms with Gasteiger partial charge in [0, 0.05) is 41.5 Å². The first-order chi connectivity index (χ1) is 14.0. The molecule has 0 saturated heterocycles. The summed E-state index contributed by atoms with van der Waals surface area (Å²) in [5.41, 5.74) is 4.59. The number of allylic oxidation sites excluding steroid dienone is 2. The van der Waals surface area contributed by atoms with Gasteiger partial charge in [0.25, 0.3) is 0 Å². The van der Waals surface area contributed by atoms with Crippen molar-refractivity contribution in [2.75, 3.05) is 14.2 Å². The molecule has 0 fully saturated rings. The van der Waals surface area contributed by atoms with Crippen LogP contribution in [0.2, 0.25) is 0 Å². The molecule has 0 spiro atoms. The Kier molecular flexibility index (Phi) is 5.14. The van der Waals surface area contributed by atoms with Gasteiger partial charge in [-0.2, -0.15) is 0 Å². The summed E-state index contributed by atoms with van der Waals surface area (Å²) < 4.78 is 10.9. The molecule has 150 valence electrons. The molecule has 1 aliphatic heterocycles. The SMILES string of the molecule is COc1ccc(OC)c(C2CC(=O)C3=C(C2)NC(=O)CC3c2cccc(C)c2)c1. The number of methoxy groups -OCH3 is 2. The number of ketones is 1. The Balaban J connectivity index is 1.74. The van der Waals surface area contributed by atoms with Gasteiger partial charge in [0.05, 0.1) is 14.2 Å². The molecule has 0 aromatic heterocycles. The smallest absolute Gasteiger partial charge is 0.225 e. The monoisotopic (exact) mass is 391 g/mol. The van der Waals surface area contributed by atoms with E-state index in [0.717, 1.165) is 39.5 Å². The zero-order chi connectivity index (χ0) is 20.5. The highest BCUT2D eigenvalue weighted by molar-refractivity contribution is 6.02. The lowest BCUT2D eigenvalue weighted by Gasteiger charge is -2.35. The van der Waals surface area contributed by atoms with E-state index in [-0.39, 0.29) is 23.5 Å². The van der Waals surface area contributed by atoms with Crippen molar-refractivity contribution in [1.82, 2.24) is 5.32 Å². The van der Waals surface area contributed by atoms with Crippen LogP contribution in [0.3, 0.4) is 0 Å². The Morgan fingerprint density at radius 2 is 1.79 bits per heavy atom. The molecular formula is C24H25NO4. The quantitative estimate of drug-likeness (QED) is 0.855. The fourth-order valence-electron chi connectivity index (χ4n) is 4.51. The number of hydrogen-bond donors (Lipinski definition) is 1. The average Bonchev–Trinajstić information content (AvgIpc) is 2.72. The lowest BCUT2D eigenvalue weighted by molar-refractivity contribution is -0.122. The summed E-state index contributed by atoms with van der Waals surface area (Å²) in [6.45, 7) is 2.02. The van der Waals surface area contributed by atoms with E-state index >= 15 is 0 Å². The minimum atomic E-state index is -0.181. The standard InChI is InChI=1S/C24H25NO4/c1-14-5-4-6-15(9-14)19-13-23(27)25-20-10-16(11-21(26)24(19)20)18-12-17(28-2)7-8-22(18)29-3/h4-9,12,16,19H,10-11,13H2,1-3H3,(H,25,27). The van der Waals surface area contributed by atoms with E-state index in [4.69, 9.17) is 9.47 Å². The van der Waals surface area contributed by atoms with Crippen LogP contribution in [0, 0.1) is 6.92 Å². The number of hydrogen-bond acceptors (Lipinski definition) is 4. The van der Waals surface area contributed by atoms with Crippen LogP contribution < -0.4 is 14.8 Å². The molecular weight excluding hydrogens is 366 g/mol. The van der Waals surface area contributed by atoms with Crippen LogP contribution in [0.5, 0.6) is 11.5 Å². The van der Waals surface area contributed by atoms with Crippen molar-refractivity contribution in [1.29, 1.82) is 0 Å². The second kappa shape index (κ2) is 7.74. The van der Waals surface area contributed by atoms with Gasteiger partial charge >= 0.3 is 0 Å². The Morgan fingerprint density at radius 1 is 0.966 bits per heavy atom. The molecule has 5 heteroatoms. The van der Waals surface area contributed by atoms with Gasteiger partial charge in [-0.15, -0.1) is 0 Å². The van der Waals surface area contributed by atoms with Gasteiger partial charge in [0.15, 0.2) is 5.78 Å². The molecule has 1 N–H and O–H groups in total. The molecule has 1 amide bonds. The van der Waals surface area contributed by atoms with Crippen molar-refractivity contribution in [3.63, 3.8) is 0 Å². The van der Waals surface area contributed by atoms with Crippen molar-refractivity contribution in [2.24, 2.45) is 0 Å². The van der Waals surface area contributed by atoms with Gasteiger partial charge in [-0.3, -0.25) is 9.59 Å². The molecule has 2 atom stereocenters. The van der Waals surface area contributed by atoms with Gasteiger partial charge in [-0.05, 0) is 37.1 Å². The first kappa shape index (κ1) is 19.2. The van der Waals surface area contributed by atoms with Crippen LogP contribution in [0.25, 0.3) is 0 Å². The average molecular weight is 391 g/mol. The maximum absolute atomic E-state index is 13.3. The largest absolute Gasteiger partial charge is 0.497 e. The van der Waals surface area contributed by atoms with E-state index in [9.17, 15) is 9.59 Å². The number of benzene rings is 2. The minimum absolute atomic E-state index is 0.0405. The Bertz CT molecular complexity index is 1010. The minimum Gasteiger partial charge on any atom is -0.497 e. The van der Waals surface area contributed by atoms with Crippen molar-refractivity contribution in [3.05, 3.63) is 70.4 Å². The Labute approximate surface area is 170 Å². The van der Waals surface area contributed by atoms with Crippen LogP contribution >= 0.6 is 0 Å². The summed E-state index contributed by atoms with van der Waals surface area (Å²) in [5, 5.41) is 2.98. The first-order valence-electron chi connectivity index (χ1n) is 9.84. The number of carbonyl (C=O) groups excluding carboxylic acids is 2. The maximum Gasteiger partial charge on any atom is 0.225 e. The van der Waals surface area contributed by atoms with Crippen molar-refractivity contribution in [3.8, 4) is 11.5 Å². The summed E-state index contributed by atoms with van der Waals surface area (Å²) >= 11 is 0. The second-order valence-corrected chi connectivity index (χ2v) is 7.75. The number of carbonyl (C=O) groups is 2. The molecule has 4 rings (SSSR count). The summed E-state index contributed by atoms with van der Waals surface area (Å²) in [6.07, 6.45) is 1.29. The Morgan fingerprint density at radius 3 is 2.52 bits per heavy atom. The third-order valence-electron chi connectivity index (χ3n) is 5.86. The van der Waals surface area contributed by atoms with Crippen LogP contribution in [-0.2, 0) is 9.59 Å². The van der Waals surface area contributed by atoms with Crippen LogP contribution in [0.1, 0.15) is 47.8 Å². The van der Waals surface area contributed by atoms with E-state index in [1.165, 1.54) is 0 Å². The van der Waals surface area contributed by atoms with Crippen LogP contribution in [0.4, 0.5) is 0 Å². The van der Waals surface area contributed by atoms with Crippen molar-refractivity contribution in [2.45, 2.75) is 38.0 Å². The molecule has 2 aromatic rings. The van der Waals surface area contributed by atoms with Gasteiger partial charge < -0.3 is 14.8 Å². The molecule has 2 aromatic carbocycles. The Hall–Kier alpha value is -3.08. The molecule has 0 saturated carbocycles. The van der Waals surface area contributed by atoms with Gasteiger partial charge in [-0.1, -0.05) is 29.8 Å². The van der Waals surface area contributed by atoms with Crippen LogP contribution in [0.15, 0.2) is 53.7 Å². The number of ether oxygens (including phenoxy) is 2. The lowest BCUT2D eigenvalue weighted by Crippen LogP contribution is -2.38. The molecule has 1 aliphatic carbocycles. The second-order valence-electron chi connectivity index (χ2n) is 7.75. The number of nitrogens with one attached hydrogen (secondary N) is 1. The number of aryl methyl sites for hydroxylation is 1. The van der Waals surface area contributed by atoms with E-state index in [1.807, 2.05) is 43.3 Å². The summed E-state index contributed by atoms with van der Waals surface area (Å²) in [6, 6.07) is 13.7. The fourth-order valence-corrected chi connectivity index (χ4v) is 4.51. The predicted octanol–water partition coefficient (Wildman–Crippen LogP) is 4.02. The van der Waals surface area contributed by atoms with Crippen molar-refractivity contribution < 1.29 is 19.1 Å². The number of rotatable bonds is 4. The highest BCUT2D eigenvalue weighted by Gasteiger charge is 2.38. The van der Waals surface area contributed by atoms with E-state index in [1.54, 1.807) is 14.2 Å². The van der Waals surface area contributed by atoms with Crippen molar-refractivity contribution >= 4 is 11.7 Å². The van der Waals surface area contributed by atoms with Gasteiger partial charge in [-0.25, -0.2) is 0 Å². The highest BCUT2D eigenvalue weighted by atomic mass is 16.5. The zero-order valence-corrected chi connectivity index (χ0v) is 17.0. The maximum atomic E-state index is 13.3. The molecule has 2 aliphatic rings. The normalized spacial score (nSPS) is 21.5. The summed E-state index contributed by atoms with van der Waals surface area (Å²) in [4.78, 5) is 25.7. The first-order valence-corrected chi connectivity index (χ1v) is 9.84. The van der Waals surface area contributed by atoms with E-state index < -0.39 is 0 Å². The molecule has 1 heterocycles. The van der Waals surface area contributed by atoms with Gasteiger partial charge in [0.2, 0.25) is 5.91 Å². The molecule has 29 heavy (non-hydrogen) atoms. The summed E-state index contributed by atoms with van der Waals surface area (Å²) in [7, 11) is 3.24. The lowest BCUT2D eigenvalue weighted by atomic mass is 9.73. The number of Topliss-reactive ketones (excluding diaryl/α,β-unsaturated/α-hetero) is 1. The third-order valence-corrected chi connectivity index (χ3v) is 5.86. The van der Waals surface area contributed by atoms with E-state index in [2.05, 4.69) is 11.4 Å². The topological polar surface area (TPSA) is 64.6 Å². The molecule has 5 nitrogen and oxygen atoms in total. The molecule has 2 unspecified atom stereocenters.